The third-order valence-corrected chi connectivity index (χ3v) is 9.78. The molecule has 11 heteroatoms. The maximum absolute atomic E-state index is 13.4. The number of hydrogen-bond donors (Lipinski definition) is 1. The van der Waals surface area contributed by atoms with Gasteiger partial charge in [-0.15, -0.1) is 0 Å². The molecule has 0 amide bonds. The molecule has 43 heavy (non-hydrogen) atoms. The van der Waals surface area contributed by atoms with Crippen LogP contribution in [0, 0.1) is 17.8 Å². The molecular formula is C32H27Cl2FN4O4. The van der Waals surface area contributed by atoms with Crippen molar-refractivity contribution in [2.24, 2.45) is 17.8 Å². The molecule has 220 valence electrons. The molecule has 3 saturated carbocycles. The fourth-order valence-electron chi connectivity index (χ4n) is 6.57. The Balaban J connectivity index is 1.02. The van der Waals surface area contributed by atoms with Crippen LogP contribution in [0.5, 0.6) is 5.75 Å². The normalized spacial score (nSPS) is 26.1. The van der Waals surface area contributed by atoms with Gasteiger partial charge in [0.25, 0.3) is 0 Å². The molecular weight excluding hydrogens is 594 g/mol. The van der Waals surface area contributed by atoms with Gasteiger partial charge in [0.05, 0.1) is 15.6 Å². The molecule has 0 bridgehead atoms. The number of pyridine rings is 2. The number of carboxylic acids is 1. The van der Waals surface area contributed by atoms with E-state index in [0.717, 1.165) is 48.3 Å². The van der Waals surface area contributed by atoms with Gasteiger partial charge in [-0.25, -0.2) is 14.2 Å². The van der Waals surface area contributed by atoms with Gasteiger partial charge in [0.2, 0.25) is 0 Å². The number of benzene rings is 1. The van der Waals surface area contributed by atoms with Gasteiger partial charge >= 0.3 is 5.97 Å². The first-order chi connectivity index (χ1) is 20.8. The van der Waals surface area contributed by atoms with Crippen LogP contribution in [-0.4, -0.2) is 51.6 Å². The molecule has 2 atom stereocenters. The second kappa shape index (κ2) is 10.2. The van der Waals surface area contributed by atoms with E-state index < -0.39 is 12.1 Å². The number of hydrogen-bond acceptors (Lipinski definition) is 7. The Kier molecular flexibility index (Phi) is 6.38. The van der Waals surface area contributed by atoms with Crippen molar-refractivity contribution in [2.75, 3.05) is 18.0 Å². The Morgan fingerprint density at radius 2 is 1.86 bits per heavy atom. The molecule has 4 aromatic rings. The van der Waals surface area contributed by atoms with Crippen molar-refractivity contribution in [3.8, 4) is 17.0 Å². The molecule has 4 heterocycles. The first kappa shape index (κ1) is 26.9. The van der Waals surface area contributed by atoms with Crippen molar-refractivity contribution in [3.63, 3.8) is 0 Å². The van der Waals surface area contributed by atoms with Crippen molar-refractivity contribution < 1.29 is 23.6 Å². The lowest BCUT2D eigenvalue weighted by atomic mass is 9.93. The number of aromatic carboxylic acids is 1. The number of carboxylic acid groups (broad SMARTS) is 1. The molecule has 4 aliphatic rings. The zero-order valence-electron chi connectivity index (χ0n) is 22.9. The maximum Gasteiger partial charge on any atom is 0.354 e. The average Bonchev–Trinajstić information content (AvgIpc) is 3.83. The number of fused-ring (bicyclic) bond motifs is 2. The molecule has 2 unspecified atom stereocenters. The zero-order valence-corrected chi connectivity index (χ0v) is 24.4. The second-order valence-electron chi connectivity index (χ2n) is 12.1. The zero-order chi connectivity index (χ0) is 29.4. The minimum atomic E-state index is -1.12. The van der Waals surface area contributed by atoms with Crippen LogP contribution in [0.2, 0.25) is 10.0 Å². The van der Waals surface area contributed by atoms with Gasteiger partial charge < -0.3 is 19.3 Å². The predicted molar refractivity (Wildman–Crippen MR) is 161 cm³/mol. The summed E-state index contributed by atoms with van der Waals surface area (Å²) in [6.07, 6.45) is 9.22. The summed E-state index contributed by atoms with van der Waals surface area (Å²) in [5, 5.41) is 15.5. The number of aromatic nitrogens is 3. The maximum atomic E-state index is 13.4. The van der Waals surface area contributed by atoms with E-state index in [0.29, 0.717) is 69.1 Å². The van der Waals surface area contributed by atoms with Gasteiger partial charge in [0.1, 0.15) is 29.5 Å². The Hall–Kier alpha value is -3.69. The van der Waals surface area contributed by atoms with Crippen molar-refractivity contribution in [1.82, 2.24) is 15.1 Å². The van der Waals surface area contributed by atoms with E-state index >= 15 is 0 Å². The summed E-state index contributed by atoms with van der Waals surface area (Å²) in [7, 11) is 0. The molecule has 8 rings (SSSR count). The molecule has 3 aliphatic carbocycles. The largest absolute Gasteiger partial charge is 0.489 e. The van der Waals surface area contributed by atoms with Crippen molar-refractivity contribution in [1.29, 1.82) is 0 Å². The number of alkyl halides is 1. The summed E-state index contributed by atoms with van der Waals surface area (Å²) in [5.74, 6) is 2.07. The van der Waals surface area contributed by atoms with Crippen LogP contribution in [0.3, 0.4) is 0 Å². The fraction of sp³-hybridized carbons (Fsp3) is 0.375. The Bertz CT molecular complexity index is 1770. The summed E-state index contributed by atoms with van der Waals surface area (Å²) in [6, 6.07) is 7.28. The monoisotopic (exact) mass is 620 g/mol. The number of piperidine rings is 1. The number of halogens is 3. The van der Waals surface area contributed by atoms with Gasteiger partial charge in [-0.2, -0.15) is 0 Å². The minimum absolute atomic E-state index is 0.0854. The molecule has 0 spiro atoms. The highest BCUT2D eigenvalue weighted by atomic mass is 35.5. The SMILES string of the molecule is O=C(O)c1cc(O[C@H]2C[C@@H](F)C2)c2cc(N3CC4C(/C=C/c5c(-c6c(Cl)cncc6Cl)noc5C5CC5)C4C3)ccc2n1. The molecule has 0 radical (unpaired) electrons. The number of nitrogens with zero attached hydrogens (tertiary/aromatic N) is 4. The molecule has 8 nitrogen and oxygen atoms in total. The topological polar surface area (TPSA) is 102 Å². The summed E-state index contributed by atoms with van der Waals surface area (Å²) in [6.45, 7) is 1.81. The average molecular weight is 621 g/mol. The highest BCUT2D eigenvalue weighted by Gasteiger charge is 2.54. The van der Waals surface area contributed by atoms with Crippen LogP contribution < -0.4 is 9.64 Å². The van der Waals surface area contributed by atoms with Crippen LogP contribution >= 0.6 is 23.2 Å². The molecule has 1 saturated heterocycles. The Labute approximate surface area is 256 Å². The van der Waals surface area contributed by atoms with Gasteiger partial charge in [0.15, 0.2) is 5.69 Å². The lowest BCUT2D eigenvalue weighted by Crippen LogP contribution is -2.35. The van der Waals surface area contributed by atoms with Crippen LogP contribution in [-0.2, 0) is 0 Å². The highest BCUT2D eigenvalue weighted by Crippen LogP contribution is 2.54. The summed E-state index contributed by atoms with van der Waals surface area (Å²) >= 11 is 12.9. The molecule has 3 aromatic heterocycles. The summed E-state index contributed by atoms with van der Waals surface area (Å²) in [5.41, 5.74) is 3.74. The van der Waals surface area contributed by atoms with E-state index in [1.165, 1.54) is 6.07 Å². The number of ether oxygens (including phenoxy) is 1. The molecule has 4 fully saturated rings. The Morgan fingerprint density at radius 3 is 2.53 bits per heavy atom. The minimum Gasteiger partial charge on any atom is -0.489 e. The third kappa shape index (κ3) is 4.83. The molecule has 1 N–H and O–H groups in total. The Morgan fingerprint density at radius 1 is 1.12 bits per heavy atom. The number of rotatable bonds is 8. The van der Waals surface area contributed by atoms with Crippen molar-refractivity contribution >= 4 is 51.8 Å². The quantitative estimate of drug-likeness (QED) is 0.217. The van der Waals surface area contributed by atoms with Gasteiger partial charge in [0, 0.05) is 72.5 Å². The molecule has 1 aliphatic heterocycles. The smallest absolute Gasteiger partial charge is 0.354 e. The molecule has 1 aromatic carbocycles. The van der Waals surface area contributed by atoms with E-state index in [9.17, 15) is 14.3 Å². The van der Waals surface area contributed by atoms with Gasteiger partial charge in [-0.05, 0) is 48.8 Å². The second-order valence-corrected chi connectivity index (χ2v) is 12.9. The van der Waals surface area contributed by atoms with E-state index in [2.05, 4.69) is 32.2 Å². The first-order valence-electron chi connectivity index (χ1n) is 14.5. The van der Waals surface area contributed by atoms with Gasteiger partial charge in [-0.3, -0.25) is 4.98 Å². The van der Waals surface area contributed by atoms with Crippen LogP contribution in [0.15, 0.2) is 47.3 Å². The lowest BCUT2D eigenvalue weighted by molar-refractivity contribution is 0.0417. The third-order valence-electron chi connectivity index (χ3n) is 9.21. The summed E-state index contributed by atoms with van der Waals surface area (Å²) in [4.78, 5) is 22.4. The van der Waals surface area contributed by atoms with Crippen molar-refractivity contribution in [2.45, 2.75) is 43.9 Å². The number of anilines is 1. The predicted octanol–water partition coefficient (Wildman–Crippen LogP) is 7.44. The van der Waals surface area contributed by atoms with E-state index in [4.69, 9.17) is 32.5 Å². The first-order valence-corrected chi connectivity index (χ1v) is 15.3. The van der Waals surface area contributed by atoms with Crippen LogP contribution in [0.25, 0.3) is 28.2 Å². The van der Waals surface area contributed by atoms with E-state index in [-0.39, 0.29) is 11.8 Å². The van der Waals surface area contributed by atoms with Crippen molar-refractivity contribution in [3.05, 3.63) is 69.8 Å². The lowest BCUT2D eigenvalue weighted by Gasteiger charge is -2.30. The van der Waals surface area contributed by atoms with E-state index in [1.807, 2.05) is 18.2 Å². The number of allylic oxidation sites excluding steroid dienone is 1. The standard InChI is InChI=1S/C32H27Cl2FN4O4/c33-24-11-36-12-25(34)29(24)30-20(31(43-38-30)15-1-2-15)5-4-19-22-13-39(14-23(19)22)17-3-6-26-21(9-17)28(10-27(37-26)32(40)41)42-18-7-16(35)8-18/h3-6,9-12,15-16,18-19,22-23H,1-2,7-8,13-14H2,(H,40,41)/b5-4+/t16-,18+,19?,22?,23?. The van der Waals surface area contributed by atoms with Crippen LogP contribution in [0.1, 0.15) is 53.4 Å². The van der Waals surface area contributed by atoms with E-state index in [1.54, 1.807) is 12.4 Å². The fourth-order valence-corrected chi connectivity index (χ4v) is 7.11. The number of carbonyl (C=O) groups is 1. The van der Waals surface area contributed by atoms with Crippen LogP contribution in [0.4, 0.5) is 10.1 Å². The van der Waals surface area contributed by atoms with Gasteiger partial charge in [-0.1, -0.05) is 40.5 Å². The summed E-state index contributed by atoms with van der Waals surface area (Å²) < 4.78 is 25.3. The highest BCUT2D eigenvalue weighted by molar-refractivity contribution is 6.39.